The summed E-state index contributed by atoms with van der Waals surface area (Å²) in [5, 5.41) is 22.3. The van der Waals surface area contributed by atoms with E-state index < -0.39 is 6.10 Å². The van der Waals surface area contributed by atoms with Gasteiger partial charge in [0.15, 0.2) is 0 Å². The standard InChI is InChI=1S/C10H12N4O2/c11-3-2-10(16)13-6-8(9(15)7-13)14-5-1-4-12-14/h1,4-5,8-9,15H,2,6-7H2/t8-,9+/m0/s1. The van der Waals surface area contributed by atoms with Crippen molar-refractivity contribution in [2.75, 3.05) is 13.1 Å². The lowest BCUT2D eigenvalue weighted by Crippen LogP contribution is -2.29. The lowest BCUT2D eigenvalue weighted by molar-refractivity contribution is -0.129. The van der Waals surface area contributed by atoms with E-state index in [1.54, 1.807) is 23.1 Å². The summed E-state index contributed by atoms with van der Waals surface area (Å²) >= 11 is 0. The molecule has 0 unspecified atom stereocenters. The first-order valence-electron chi connectivity index (χ1n) is 5.04. The van der Waals surface area contributed by atoms with Crippen molar-refractivity contribution in [3.05, 3.63) is 18.5 Å². The van der Waals surface area contributed by atoms with Gasteiger partial charge in [-0.25, -0.2) is 0 Å². The van der Waals surface area contributed by atoms with Crippen molar-refractivity contribution in [3.8, 4) is 6.07 Å². The minimum atomic E-state index is -0.623. The summed E-state index contributed by atoms with van der Waals surface area (Å²) < 4.78 is 1.64. The predicted molar refractivity (Wildman–Crippen MR) is 54.1 cm³/mol. The van der Waals surface area contributed by atoms with Crippen molar-refractivity contribution in [2.24, 2.45) is 0 Å². The summed E-state index contributed by atoms with van der Waals surface area (Å²) in [6.07, 6.45) is 2.62. The number of aromatic nitrogens is 2. The molecule has 1 saturated heterocycles. The van der Waals surface area contributed by atoms with Crippen LogP contribution in [-0.4, -0.2) is 44.9 Å². The maximum Gasteiger partial charge on any atom is 0.236 e. The van der Waals surface area contributed by atoms with Crippen molar-refractivity contribution < 1.29 is 9.90 Å². The van der Waals surface area contributed by atoms with Gasteiger partial charge in [0.1, 0.15) is 6.42 Å². The highest BCUT2D eigenvalue weighted by atomic mass is 16.3. The zero-order valence-corrected chi connectivity index (χ0v) is 8.65. The Morgan fingerprint density at radius 1 is 1.62 bits per heavy atom. The number of hydrogen-bond donors (Lipinski definition) is 1. The summed E-state index contributed by atoms with van der Waals surface area (Å²) in [4.78, 5) is 13.0. The normalized spacial score (nSPS) is 24.4. The first-order valence-corrected chi connectivity index (χ1v) is 5.04. The van der Waals surface area contributed by atoms with Crippen LogP contribution < -0.4 is 0 Å². The minimum absolute atomic E-state index is 0.140. The number of carbonyl (C=O) groups excluding carboxylic acids is 1. The molecule has 0 aliphatic carbocycles. The number of nitriles is 1. The molecule has 1 aromatic heterocycles. The summed E-state index contributed by atoms with van der Waals surface area (Å²) in [5.74, 6) is -0.240. The van der Waals surface area contributed by atoms with Crippen LogP contribution in [0, 0.1) is 11.3 Å². The van der Waals surface area contributed by atoms with Gasteiger partial charge in [0.2, 0.25) is 5.91 Å². The Hall–Kier alpha value is -1.87. The molecule has 1 aliphatic heterocycles. The van der Waals surface area contributed by atoms with Crippen molar-refractivity contribution in [3.63, 3.8) is 0 Å². The largest absolute Gasteiger partial charge is 0.389 e. The van der Waals surface area contributed by atoms with Crippen LogP contribution in [0.1, 0.15) is 12.5 Å². The topological polar surface area (TPSA) is 82.1 Å². The fourth-order valence-electron chi connectivity index (χ4n) is 1.89. The van der Waals surface area contributed by atoms with Crippen LogP contribution in [0.3, 0.4) is 0 Å². The number of aliphatic hydroxyl groups is 1. The Morgan fingerprint density at radius 3 is 3.06 bits per heavy atom. The van der Waals surface area contributed by atoms with E-state index in [-0.39, 0.29) is 24.9 Å². The number of likely N-dealkylation sites (tertiary alicyclic amines) is 1. The molecular formula is C10H12N4O2. The lowest BCUT2D eigenvalue weighted by atomic mass is 10.2. The molecule has 2 atom stereocenters. The Bertz CT molecular complexity index is 409. The molecule has 1 aliphatic rings. The van der Waals surface area contributed by atoms with E-state index in [9.17, 15) is 9.90 Å². The second-order valence-corrected chi connectivity index (χ2v) is 3.75. The minimum Gasteiger partial charge on any atom is -0.389 e. The van der Waals surface area contributed by atoms with E-state index in [1.165, 1.54) is 4.90 Å². The quantitative estimate of drug-likeness (QED) is 0.731. The van der Waals surface area contributed by atoms with Crippen LogP contribution in [0.15, 0.2) is 18.5 Å². The molecule has 1 fully saturated rings. The number of hydrogen-bond acceptors (Lipinski definition) is 4. The Kier molecular flexibility index (Phi) is 2.88. The van der Waals surface area contributed by atoms with Crippen LogP contribution in [0.5, 0.6) is 0 Å². The number of aliphatic hydroxyl groups excluding tert-OH is 1. The van der Waals surface area contributed by atoms with Gasteiger partial charge in [-0.15, -0.1) is 0 Å². The molecule has 0 aromatic carbocycles. The van der Waals surface area contributed by atoms with Gasteiger partial charge in [-0.2, -0.15) is 10.4 Å². The highest BCUT2D eigenvalue weighted by Crippen LogP contribution is 2.21. The second kappa shape index (κ2) is 4.33. The van der Waals surface area contributed by atoms with Gasteiger partial charge in [-0.3, -0.25) is 9.48 Å². The van der Waals surface area contributed by atoms with Gasteiger partial charge < -0.3 is 10.0 Å². The van der Waals surface area contributed by atoms with E-state index in [1.807, 2.05) is 6.07 Å². The van der Waals surface area contributed by atoms with Gasteiger partial charge in [0.25, 0.3) is 0 Å². The van der Waals surface area contributed by atoms with E-state index in [2.05, 4.69) is 5.10 Å². The average Bonchev–Trinajstić information content (AvgIpc) is 2.86. The van der Waals surface area contributed by atoms with Crippen molar-refractivity contribution >= 4 is 5.91 Å². The number of β-amino-alcohol motifs (C(OH)–C–C–N with tert-alkyl or cyclic N) is 1. The van der Waals surface area contributed by atoms with E-state index in [4.69, 9.17) is 5.26 Å². The van der Waals surface area contributed by atoms with Gasteiger partial charge >= 0.3 is 0 Å². The fraction of sp³-hybridized carbons (Fsp3) is 0.500. The highest BCUT2D eigenvalue weighted by Gasteiger charge is 2.35. The third kappa shape index (κ3) is 1.90. The number of amides is 1. The van der Waals surface area contributed by atoms with Gasteiger partial charge in [0.05, 0.1) is 18.2 Å². The van der Waals surface area contributed by atoms with Crippen LogP contribution in [0.2, 0.25) is 0 Å². The van der Waals surface area contributed by atoms with Crippen LogP contribution in [0.25, 0.3) is 0 Å². The number of nitrogens with zero attached hydrogens (tertiary/aromatic N) is 4. The van der Waals surface area contributed by atoms with Crippen LogP contribution in [-0.2, 0) is 4.79 Å². The molecule has 2 rings (SSSR count). The van der Waals surface area contributed by atoms with Gasteiger partial charge in [0, 0.05) is 25.5 Å². The molecule has 0 radical (unpaired) electrons. The van der Waals surface area contributed by atoms with Crippen LogP contribution >= 0.6 is 0 Å². The lowest BCUT2D eigenvalue weighted by Gasteiger charge is -2.14. The molecule has 2 heterocycles. The summed E-state index contributed by atoms with van der Waals surface area (Å²) in [6, 6.07) is 3.37. The Labute approximate surface area is 92.7 Å². The maximum absolute atomic E-state index is 11.5. The molecule has 6 heteroatoms. The third-order valence-corrected chi connectivity index (χ3v) is 2.71. The van der Waals surface area contributed by atoms with E-state index in [0.29, 0.717) is 6.54 Å². The monoisotopic (exact) mass is 220 g/mol. The summed E-state index contributed by atoms with van der Waals surface area (Å²) in [5.41, 5.74) is 0. The molecular weight excluding hydrogens is 208 g/mol. The second-order valence-electron chi connectivity index (χ2n) is 3.75. The molecule has 0 bridgehead atoms. The van der Waals surface area contributed by atoms with E-state index in [0.717, 1.165) is 0 Å². The highest BCUT2D eigenvalue weighted by molar-refractivity contribution is 5.78. The van der Waals surface area contributed by atoms with E-state index >= 15 is 0 Å². The molecule has 16 heavy (non-hydrogen) atoms. The number of rotatable bonds is 2. The summed E-state index contributed by atoms with van der Waals surface area (Å²) in [6.45, 7) is 0.675. The molecule has 1 amide bonds. The van der Waals surface area contributed by atoms with Gasteiger partial charge in [-0.05, 0) is 6.07 Å². The smallest absolute Gasteiger partial charge is 0.236 e. The fourth-order valence-corrected chi connectivity index (χ4v) is 1.89. The first kappa shape index (κ1) is 10.6. The van der Waals surface area contributed by atoms with Crippen molar-refractivity contribution in [1.29, 1.82) is 5.26 Å². The zero-order valence-electron chi connectivity index (χ0n) is 8.65. The maximum atomic E-state index is 11.5. The Morgan fingerprint density at radius 2 is 2.44 bits per heavy atom. The van der Waals surface area contributed by atoms with Crippen LogP contribution in [0.4, 0.5) is 0 Å². The molecule has 0 spiro atoms. The molecule has 6 nitrogen and oxygen atoms in total. The van der Waals surface area contributed by atoms with Crippen molar-refractivity contribution in [2.45, 2.75) is 18.6 Å². The van der Waals surface area contributed by atoms with Crippen molar-refractivity contribution in [1.82, 2.24) is 14.7 Å². The molecule has 1 aromatic rings. The zero-order chi connectivity index (χ0) is 11.5. The first-order chi connectivity index (χ1) is 7.72. The Balaban J connectivity index is 2.05. The number of carbonyl (C=O) groups is 1. The average molecular weight is 220 g/mol. The molecule has 0 saturated carbocycles. The molecule has 1 N–H and O–H groups in total. The van der Waals surface area contributed by atoms with Gasteiger partial charge in [-0.1, -0.05) is 0 Å². The third-order valence-electron chi connectivity index (χ3n) is 2.71. The molecule has 84 valence electrons. The SMILES string of the molecule is N#CCC(=O)N1C[C@@H](O)[C@@H](n2cccn2)C1. The predicted octanol–water partition coefficient (Wildman–Crippen LogP) is -0.459. The summed E-state index contributed by atoms with van der Waals surface area (Å²) in [7, 11) is 0.